The summed E-state index contributed by atoms with van der Waals surface area (Å²) in [6.07, 6.45) is 5.61. The van der Waals surface area contributed by atoms with Gasteiger partial charge in [-0.25, -0.2) is 0 Å². The van der Waals surface area contributed by atoms with Crippen LogP contribution in [0.2, 0.25) is 0 Å². The van der Waals surface area contributed by atoms with Gasteiger partial charge in [0.1, 0.15) is 0 Å². The van der Waals surface area contributed by atoms with Crippen molar-refractivity contribution in [2.24, 2.45) is 0 Å². The van der Waals surface area contributed by atoms with E-state index in [0.717, 1.165) is 19.5 Å². The van der Waals surface area contributed by atoms with Gasteiger partial charge in [0.2, 0.25) is 0 Å². The van der Waals surface area contributed by atoms with Crippen molar-refractivity contribution >= 4 is 11.8 Å². The maximum absolute atomic E-state index is 2.53. The number of fused-ring (bicyclic) bond motifs is 1. The molecule has 3 rings (SSSR count). The molecule has 0 aromatic heterocycles. The zero-order valence-electron chi connectivity index (χ0n) is 11.6. The fourth-order valence-electron chi connectivity index (χ4n) is 3.05. The maximum Gasteiger partial charge on any atom is 0.0373 e. The summed E-state index contributed by atoms with van der Waals surface area (Å²) < 4.78 is 0. The Hall–Kier alpha value is -1.28. The van der Waals surface area contributed by atoms with E-state index in [9.17, 15) is 0 Å². The molecule has 0 spiro atoms. The summed E-state index contributed by atoms with van der Waals surface area (Å²) in [4.78, 5) is 5.01. The number of hydrogen-bond acceptors (Lipinski definition) is 2. The van der Waals surface area contributed by atoms with E-state index in [-0.39, 0.29) is 0 Å². The monoisotopic (exact) mass is 242 g/mol. The number of rotatable bonds is 1. The Kier molecular flexibility index (Phi) is 2.90. The molecule has 1 saturated heterocycles. The Bertz CT molecular complexity index is 466. The van der Waals surface area contributed by atoms with E-state index in [1.54, 1.807) is 0 Å². The minimum Gasteiger partial charge on any atom is -0.368 e. The second kappa shape index (κ2) is 4.43. The molecule has 0 N–H and O–H groups in total. The third-order valence-corrected chi connectivity index (χ3v) is 4.49. The van der Waals surface area contributed by atoms with Crippen LogP contribution < -0.4 is 4.90 Å². The molecule has 18 heavy (non-hydrogen) atoms. The summed E-state index contributed by atoms with van der Waals surface area (Å²) in [6.45, 7) is 6.89. The molecule has 1 fully saturated rings. The standard InChI is InChI=1S/C16H22N2/c1-12-10-18(11-13(2)17(12)3)16-8-7-14-5-4-6-15(14)9-16/h4,6-9,12-13H,5,10-11H2,1-3H3/t12-,13+. The molecule has 1 aliphatic heterocycles. The average Bonchev–Trinajstić information content (AvgIpc) is 2.82. The normalized spacial score (nSPS) is 27.6. The Balaban J connectivity index is 1.85. The molecule has 0 unspecified atom stereocenters. The number of nitrogens with zero attached hydrogens (tertiary/aromatic N) is 2. The van der Waals surface area contributed by atoms with Crippen molar-refractivity contribution < 1.29 is 0 Å². The number of hydrogen-bond donors (Lipinski definition) is 0. The van der Waals surface area contributed by atoms with Crippen LogP contribution in [0.3, 0.4) is 0 Å². The van der Waals surface area contributed by atoms with Crippen LogP contribution in [-0.4, -0.2) is 37.1 Å². The highest BCUT2D eigenvalue weighted by Gasteiger charge is 2.26. The molecule has 1 aliphatic carbocycles. The smallest absolute Gasteiger partial charge is 0.0373 e. The van der Waals surface area contributed by atoms with Crippen molar-refractivity contribution in [2.75, 3.05) is 25.0 Å². The topological polar surface area (TPSA) is 6.48 Å². The van der Waals surface area contributed by atoms with Gasteiger partial charge >= 0.3 is 0 Å². The van der Waals surface area contributed by atoms with E-state index in [4.69, 9.17) is 0 Å². The average molecular weight is 242 g/mol. The van der Waals surface area contributed by atoms with E-state index in [1.165, 1.54) is 16.8 Å². The molecular weight excluding hydrogens is 220 g/mol. The zero-order chi connectivity index (χ0) is 12.7. The summed E-state index contributed by atoms with van der Waals surface area (Å²) in [5, 5.41) is 0. The van der Waals surface area contributed by atoms with Gasteiger partial charge in [0, 0.05) is 30.9 Å². The zero-order valence-corrected chi connectivity index (χ0v) is 11.6. The first-order valence-electron chi connectivity index (χ1n) is 6.91. The predicted octanol–water partition coefficient (Wildman–Crippen LogP) is 2.78. The van der Waals surface area contributed by atoms with Crippen molar-refractivity contribution in [3.05, 3.63) is 35.4 Å². The second-order valence-electron chi connectivity index (χ2n) is 5.76. The number of benzene rings is 1. The van der Waals surface area contributed by atoms with Crippen LogP contribution in [0.4, 0.5) is 5.69 Å². The van der Waals surface area contributed by atoms with E-state index in [1.807, 2.05) is 0 Å². The lowest BCUT2D eigenvalue weighted by molar-refractivity contribution is 0.170. The molecule has 1 aromatic rings. The van der Waals surface area contributed by atoms with E-state index >= 15 is 0 Å². The van der Waals surface area contributed by atoms with Gasteiger partial charge in [-0.1, -0.05) is 18.2 Å². The molecule has 2 nitrogen and oxygen atoms in total. The number of piperazine rings is 1. The lowest BCUT2D eigenvalue weighted by atomic mass is 10.1. The molecule has 2 atom stereocenters. The van der Waals surface area contributed by atoms with Crippen LogP contribution in [0.1, 0.15) is 25.0 Å². The van der Waals surface area contributed by atoms with E-state index < -0.39 is 0 Å². The molecular formula is C16H22N2. The van der Waals surface area contributed by atoms with E-state index in [0.29, 0.717) is 12.1 Å². The van der Waals surface area contributed by atoms with Crippen LogP contribution in [0, 0.1) is 0 Å². The number of allylic oxidation sites excluding steroid dienone is 1. The predicted molar refractivity (Wildman–Crippen MR) is 78.1 cm³/mol. The highest BCUT2D eigenvalue weighted by Crippen LogP contribution is 2.27. The Labute approximate surface area is 110 Å². The first kappa shape index (κ1) is 11.8. The van der Waals surface area contributed by atoms with Gasteiger partial charge in [0.15, 0.2) is 0 Å². The largest absolute Gasteiger partial charge is 0.368 e. The third kappa shape index (κ3) is 1.95. The van der Waals surface area contributed by atoms with Crippen molar-refractivity contribution in [1.29, 1.82) is 0 Å². The quantitative estimate of drug-likeness (QED) is 0.747. The Morgan fingerprint density at radius 2 is 1.83 bits per heavy atom. The van der Waals surface area contributed by atoms with Crippen molar-refractivity contribution in [3.63, 3.8) is 0 Å². The van der Waals surface area contributed by atoms with Gasteiger partial charge < -0.3 is 4.90 Å². The van der Waals surface area contributed by atoms with Gasteiger partial charge in [-0.05, 0) is 50.6 Å². The number of anilines is 1. The summed E-state index contributed by atoms with van der Waals surface area (Å²) >= 11 is 0. The summed E-state index contributed by atoms with van der Waals surface area (Å²) in [5.41, 5.74) is 4.26. The minimum atomic E-state index is 0.623. The molecule has 1 heterocycles. The van der Waals surface area contributed by atoms with Crippen LogP contribution in [0.5, 0.6) is 0 Å². The minimum absolute atomic E-state index is 0.623. The molecule has 0 radical (unpaired) electrons. The first-order chi connectivity index (χ1) is 8.65. The van der Waals surface area contributed by atoms with Gasteiger partial charge in [-0.2, -0.15) is 0 Å². The fraction of sp³-hybridized carbons (Fsp3) is 0.500. The van der Waals surface area contributed by atoms with E-state index in [2.05, 4.69) is 61.0 Å². The summed E-state index contributed by atoms with van der Waals surface area (Å²) in [7, 11) is 2.23. The lowest BCUT2D eigenvalue weighted by Gasteiger charge is -2.43. The van der Waals surface area contributed by atoms with Crippen molar-refractivity contribution in [1.82, 2.24) is 4.90 Å². The number of likely N-dealkylation sites (N-methyl/N-ethyl adjacent to an activating group) is 1. The van der Waals surface area contributed by atoms with Gasteiger partial charge in [0.25, 0.3) is 0 Å². The fourth-order valence-corrected chi connectivity index (χ4v) is 3.05. The Morgan fingerprint density at radius 3 is 2.56 bits per heavy atom. The van der Waals surface area contributed by atoms with Crippen molar-refractivity contribution in [2.45, 2.75) is 32.4 Å². The van der Waals surface area contributed by atoms with Crippen LogP contribution in [-0.2, 0) is 6.42 Å². The first-order valence-corrected chi connectivity index (χ1v) is 6.91. The van der Waals surface area contributed by atoms with Gasteiger partial charge in [0.05, 0.1) is 0 Å². The molecule has 2 aliphatic rings. The summed E-state index contributed by atoms with van der Waals surface area (Å²) in [6, 6.07) is 8.17. The molecule has 96 valence electrons. The molecule has 1 aromatic carbocycles. The van der Waals surface area contributed by atoms with Crippen LogP contribution in [0.25, 0.3) is 6.08 Å². The SMILES string of the molecule is C[C@@H]1CN(c2ccc3c(c2)C=CC3)C[C@H](C)N1C. The molecule has 0 bridgehead atoms. The maximum atomic E-state index is 2.53. The molecule has 2 heteroatoms. The van der Waals surface area contributed by atoms with Gasteiger partial charge in [-0.15, -0.1) is 0 Å². The Morgan fingerprint density at radius 1 is 1.11 bits per heavy atom. The summed E-state index contributed by atoms with van der Waals surface area (Å²) in [5.74, 6) is 0. The highest BCUT2D eigenvalue weighted by atomic mass is 15.3. The second-order valence-corrected chi connectivity index (χ2v) is 5.76. The van der Waals surface area contributed by atoms with Crippen LogP contribution >= 0.6 is 0 Å². The van der Waals surface area contributed by atoms with Crippen molar-refractivity contribution in [3.8, 4) is 0 Å². The van der Waals surface area contributed by atoms with Gasteiger partial charge in [-0.3, -0.25) is 4.90 Å². The lowest BCUT2D eigenvalue weighted by Crippen LogP contribution is -2.55. The van der Waals surface area contributed by atoms with Crippen LogP contribution in [0.15, 0.2) is 24.3 Å². The molecule has 0 saturated carbocycles. The highest BCUT2D eigenvalue weighted by molar-refractivity contribution is 5.66. The molecule has 0 amide bonds. The third-order valence-electron chi connectivity index (χ3n) is 4.49.